The van der Waals surface area contributed by atoms with Gasteiger partial charge in [-0.15, -0.1) is 11.3 Å². The van der Waals surface area contributed by atoms with Gasteiger partial charge in [0, 0.05) is 24.2 Å². The molecule has 1 saturated heterocycles. The zero-order chi connectivity index (χ0) is 12.3. The fourth-order valence-electron chi connectivity index (χ4n) is 1.79. The Morgan fingerprint density at radius 3 is 3.24 bits per heavy atom. The second kappa shape index (κ2) is 5.44. The molecule has 3 N–H and O–H groups in total. The Kier molecular flexibility index (Phi) is 3.93. The van der Waals surface area contributed by atoms with Crippen molar-refractivity contribution in [2.75, 3.05) is 13.1 Å². The summed E-state index contributed by atoms with van der Waals surface area (Å²) >= 11 is 1.51. The molecule has 1 aliphatic rings. The average Bonchev–Trinajstić information content (AvgIpc) is 2.80. The Morgan fingerprint density at radius 2 is 2.59 bits per heavy atom. The van der Waals surface area contributed by atoms with E-state index < -0.39 is 6.09 Å². The second-order valence-electron chi connectivity index (χ2n) is 3.96. The van der Waals surface area contributed by atoms with Crippen molar-refractivity contribution in [1.29, 1.82) is 0 Å². The molecule has 0 saturated carbocycles. The first-order valence-corrected chi connectivity index (χ1v) is 6.28. The van der Waals surface area contributed by atoms with Crippen LogP contribution in [0.5, 0.6) is 0 Å². The van der Waals surface area contributed by atoms with Gasteiger partial charge in [0.25, 0.3) is 0 Å². The summed E-state index contributed by atoms with van der Waals surface area (Å²) in [7, 11) is 0. The number of nitrogens with two attached hydrogens (primary N) is 1. The van der Waals surface area contributed by atoms with E-state index in [1.54, 1.807) is 6.20 Å². The molecule has 0 aromatic carbocycles. The summed E-state index contributed by atoms with van der Waals surface area (Å²) in [5.41, 5.74) is 5.92. The van der Waals surface area contributed by atoms with Gasteiger partial charge in [-0.25, -0.2) is 9.78 Å². The van der Waals surface area contributed by atoms with Gasteiger partial charge in [0.2, 0.25) is 0 Å². The van der Waals surface area contributed by atoms with Crippen LogP contribution < -0.4 is 5.73 Å². The van der Waals surface area contributed by atoms with Crippen LogP contribution in [0.1, 0.15) is 11.4 Å². The summed E-state index contributed by atoms with van der Waals surface area (Å²) in [5.74, 6) is 0. The molecule has 2 atom stereocenters. The summed E-state index contributed by atoms with van der Waals surface area (Å²) in [5, 5.41) is 11.7. The molecule has 0 radical (unpaired) electrons. The quantitative estimate of drug-likeness (QED) is 0.833. The first-order valence-electron chi connectivity index (χ1n) is 5.40. The van der Waals surface area contributed by atoms with Gasteiger partial charge in [-0.05, 0) is 6.42 Å². The van der Waals surface area contributed by atoms with E-state index in [2.05, 4.69) is 4.98 Å². The van der Waals surface area contributed by atoms with Gasteiger partial charge in [0.15, 0.2) is 0 Å². The number of piperidine rings is 1. The lowest BCUT2D eigenvalue weighted by Crippen LogP contribution is -2.53. The topological polar surface area (TPSA) is 88.7 Å². The number of thiazole rings is 1. The van der Waals surface area contributed by atoms with Crippen molar-refractivity contribution >= 4 is 17.4 Å². The largest absolute Gasteiger partial charge is 0.465 e. The monoisotopic (exact) mass is 257 g/mol. The van der Waals surface area contributed by atoms with Crippen molar-refractivity contribution in [2.45, 2.75) is 25.2 Å². The first-order chi connectivity index (χ1) is 8.16. The molecular weight excluding hydrogens is 242 g/mol. The predicted molar refractivity (Wildman–Crippen MR) is 62.9 cm³/mol. The van der Waals surface area contributed by atoms with Crippen LogP contribution in [-0.4, -0.2) is 46.3 Å². The molecule has 1 fully saturated rings. The molecule has 1 amide bonds. The molecule has 17 heavy (non-hydrogen) atoms. The zero-order valence-corrected chi connectivity index (χ0v) is 10.1. The standard InChI is InChI=1S/C10H15N3O3S/c11-7-1-3-13(10(14)15)5-8(7)16-6-9-12-2-4-17-9/h2,4,7-8H,1,3,5-6,11H2,(H,14,15). The third kappa shape index (κ3) is 3.15. The van der Waals surface area contributed by atoms with E-state index in [-0.39, 0.29) is 12.1 Å². The van der Waals surface area contributed by atoms with E-state index in [1.165, 1.54) is 16.2 Å². The lowest BCUT2D eigenvalue weighted by molar-refractivity contribution is -0.0179. The van der Waals surface area contributed by atoms with Gasteiger partial charge < -0.3 is 20.5 Å². The molecule has 0 aliphatic carbocycles. The average molecular weight is 257 g/mol. The van der Waals surface area contributed by atoms with Crippen LogP contribution in [0.4, 0.5) is 4.79 Å². The molecule has 6 nitrogen and oxygen atoms in total. The number of likely N-dealkylation sites (tertiary alicyclic amines) is 1. The number of rotatable bonds is 3. The van der Waals surface area contributed by atoms with Crippen LogP contribution in [0.15, 0.2) is 11.6 Å². The molecule has 2 unspecified atom stereocenters. The van der Waals surface area contributed by atoms with Crippen LogP contribution in [0.2, 0.25) is 0 Å². The highest BCUT2D eigenvalue weighted by molar-refractivity contribution is 7.09. The maximum atomic E-state index is 10.9. The van der Waals surface area contributed by atoms with E-state index in [0.717, 1.165) is 5.01 Å². The Bertz CT molecular complexity index is 371. The summed E-state index contributed by atoms with van der Waals surface area (Å²) in [6.07, 6.45) is 1.19. The number of carbonyl (C=O) groups is 1. The lowest BCUT2D eigenvalue weighted by Gasteiger charge is -2.34. The maximum Gasteiger partial charge on any atom is 0.407 e. The molecule has 1 aromatic rings. The minimum absolute atomic E-state index is 0.106. The zero-order valence-electron chi connectivity index (χ0n) is 9.28. The highest BCUT2D eigenvalue weighted by Gasteiger charge is 2.29. The molecule has 1 aromatic heterocycles. The summed E-state index contributed by atoms with van der Waals surface area (Å²) < 4.78 is 5.64. The number of hydrogen-bond donors (Lipinski definition) is 2. The molecule has 0 bridgehead atoms. The van der Waals surface area contributed by atoms with Crippen LogP contribution in [0.3, 0.4) is 0 Å². The number of hydrogen-bond acceptors (Lipinski definition) is 5. The third-order valence-electron chi connectivity index (χ3n) is 2.79. The molecule has 0 spiro atoms. The third-order valence-corrected chi connectivity index (χ3v) is 3.54. The van der Waals surface area contributed by atoms with Crippen molar-refractivity contribution in [1.82, 2.24) is 9.88 Å². The molecule has 7 heteroatoms. The van der Waals surface area contributed by atoms with Gasteiger partial charge in [0.1, 0.15) is 5.01 Å². The predicted octanol–water partition coefficient (Wildman–Crippen LogP) is 0.739. The molecule has 94 valence electrons. The molecular formula is C10H15N3O3S. The van der Waals surface area contributed by atoms with E-state index >= 15 is 0 Å². The minimum Gasteiger partial charge on any atom is -0.465 e. The molecule has 2 heterocycles. The smallest absolute Gasteiger partial charge is 0.407 e. The Morgan fingerprint density at radius 1 is 1.76 bits per heavy atom. The van der Waals surface area contributed by atoms with Crippen molar-refractivity contribution in [3.05, 3.63) is 16.6 Å². The van der Waals surface area contributed by atoms with E-state index in [0.29, 0.717) is 26.1 Å². The van der Waals surface area contributed by atoms with Gasteiger partial charge >= 0.3 is 6.09 Å². The van der Waals surface area contributed by atoms with Gasteiger partial charge in [-0.1, -0.05) is 0 Å². The number of ether oxygens (including phenoxy) is 1. The Hall–Kier alpha value is -1.18. The Balaban J connectivity index is 1.87. The minimum atomic E-state index is -0.917. The van der Waals surface area contributed by atoms with Crippen molar-refractivity contribution in [2.24, 2.45) is 5.73 Å². The van der Waals surface area contributed by atoms with Crippen LogP contribution >= 0.6 is 11.3 Å². The SMILES string of the molecule is NC1CCN(C(=O)O)CC1OCc1nccs1. The van der Waals surface area contributed by atoms with E-state index in [4.69, 9.17) is 15.6 Å². The van der Waals surface area contributed by atoms with E-state index in [1.807, 2.05) is 5.38 Å². The normalized spacial score (nSPS) is 24.9. The van der Waals surface area contributed by atoms with Crippen molar-refractivity contribution in [3.8, 4) is 0 Å². The van der Waals surface area contributed by atoms with Crippen molar-refractivity contribution < 1.29 is 14.6 Å². The highest BCUT2D eigenvalue weighted by Crippen LogP contribution is 2.15. The lowest BCUT2D eigenvalue weighted by atomic mass is 10.0. The Labute approximate surface area is 103 Å². The number of carboxylic acid groups (broad SMARTS) is 1. The summed E-state index contributed by atoms with van der Waals surface area (Å²) in [6, 6.07) is -0.106. The molecule has 2 rings (SSSR count). The van der Waals surface area contributed by atoms with Gasteiger partial charge in [0.05, 0.1) is 19.3 Å². The van der Waals surface area contributed by atoms with Crippen LogP contribution in [0, 0.1) is 0 Å². The summed E-state index contributed by atoms with van der Waals surface area (Å²) in [6.45, 7) is 1.21. The fraction of sp³-hybridized carbons (Fsp3) is 0.600. The number of nitrogens with zero attached hydrogens (tertiary/aromatic N) is 2. The van der Waals surface area contributed by atoms with Gasteiger partial charge in [-0.3, -0.25) is 0 Å². The fourth-order valence-corrected chi connectivity index (χ4v) is 2.32. The first kappa shape index (κ1) is 12.3. The number of aromatic nitrogens is 1. The van der Waals surface area contributed by atoms with Crippen molar-refractivity contribution in [3.63, 3.8) is 0 Å². The molecule has 1 aliphatic heterocycles. The van der Waals surface area contributed by atoms with Crippen LogP contribution in [-0.2, 0) is 11.3 Å². The maximum absolute atomic E-state index is 10.9. The van der Waals surface area contributed by atoms with Crippen LogP contribution in [0.25, 0.3) is 0 Å². The summed E-state index contributed by atoms with van der Waals surface area (Å²) in [4.78, 5) is 16.3. The highest BCUT2D eigenvalue weighted by atomic mass is 32.1. The van der Waals surface area contributed by atoms with E-state index in [9.17, 15) is 4.79 Å². The second-order valence-corrected chi connectivity index (χ2v) is 4.94. The van der Waals surface area contributed by atoms with Gasteiger partial charge in [-0.2, -0.15) is 0 Å². The number of amides is 1.